The van der Waals surface area contributed by atoms with E-state index in [2.05, 4.69) is 31.9 Å². The van der Waals surface area contributed by atoms with Crippen LogP contribution in [0.2, 0.25) is 0 Å². The summed E-state index contributed by atoms with van der Waals surface area (Å²) in [5.74, 6) is 0.536. The Hall–Kier alpha value is -1.00. The van der Waals surface area contributed by atoms with Crippen molar-refractivity contribution >= 4 is 31.9 Å². The van der Waals surface area contributed by atoms with Crippen molar-refractivity contribution in [2.75, 3.05) is 0 Å². The van der Waals surface area contributed by atoms with Gasteiger partial charge in [-0.3, -0.25) is 0 Å². The number of phenols is 2. The molecule has 23 heavy (non-hydrogen) atoms. The third-order valence-electron chi connectivity index (χ3n) is 4.96. The Bertz CT molecular complexity index is 651. The van der Waals surface area contributed by atoms with Gasteiger partial charge in [0, 0.05) is 5.41 Å². The van der Waals surface area contributed by atoms with Gasteiger partial charge in [-0.15, -0.1) is 0 Å². The zero-order valence-corrected chi connectivity index (χ0v) is 16.0. The molecule has 2 N–H and O–H groups in total. The molecule has 0 heterocycles. The van der Waals surface area contributed by atoms with E-state index >= 15 is 0 Å². The minimum atomic E-state index is -0.0665. The highest BCUT2D eigenvalue weighted by Crippen LogP contribution is 2.46. The molecule has 0 radical (unpaired) electrons. The van der Waals surface area contributed by atoms with E-state index in [-0.39, 0.29) is 16.9 Å². The van der Waals surface area contributed by atoms with Gasteiger partial charge < -0.3 is 10.2 Å². The summed E-state index contributed by atoms with van der Waals surface area (Å²) < 4.78 is 1.47. The van der Waals surface area contributed by atoms with Crippen LogP contribution >= 0.6 is 31.9 Å². The van der Waals surface area contributed by atoms with Crippen LogP contribution in [0.5, 0.6) is 11.5 Å². The summed E-state index contributed by atoms with van der Waals surface area (Å²) in [6.07, 6.45) is 7.08. The van der Waals surface area contributed by atoms with Crippen molar-refractivity contribution in [3.8, 4) is 11.5 Å². The maximum Gasteiger partial charge on any atom is 0.129 e. The van der Waals surface area contributed by atoms with Crippen molar-refractivity contribution in [1.29, 1.82) is 0 Å². The van der Waals surface area contributed by atoms with Gasteiger partial charge in [-0.2, -0.15) is 0 Å². The maximum atomic E-state index is 9.85. The molecule has 122 valence electrons. The zero-order chi connectivity index (χ0) is 16.4. The lowest BCUT2D eigenvalue weighted by atomic mass is 9.69. The smallest absolute Gasteiger partial charge is 0.129 e. The number of phenolic OH excluding ortho intramolecular Hbond substituents is 2. The molecule has 1 fully saturated rings. The molecule has 1 saturated carbocycles. The summed E-state index contributed by atoms with van der Waals surface area (Å²) in [4.78, 5) is 0. The highest BCUT2D eigenvalue weighted by molar-refractivity contribution is 9.10. The molecule has 2 aromatic rings. The molecule has 1 aliphatic rings. The number of aromatic hydroxyl groups is 2. The molecule has 1 aliphatic carbocycles. The molecular weight excluding hydrogens is 420 g/mol. The monoisotopic (exact) mass is 438 g/mol. The van der Waals surface area contributed by atoms with Crippen molar-refractivity contribution in [2.24, 2.45) is 0 Å². The number of hydrogen-bond donors (Lipinski definition) is 2. The molecule has 0 amide bonds. The van der Waals surface area contributed by atoms with Crippen LogP contribution in [0.3, 0.4) is 0 Å². The second-order valence-corrected chi connectivity index (χ2v) is 8.04. The number of hydrogen-bond acceptors (Lipinski definition) is 2. The van der Waals surface area contributed by atoms with E-state index in [0.717, 1.165) is 21.8 Å². The van der Waals surface area contributed by atoms with Crippen molar-refractivity contribution in [1.82, 2.24) is 0 Å². The molecule has 2 nitrogen and oxygen atoms in total. The highest BCUT2D eigenvalue weighted by atomic mass is 79.9. The summed E-state index contributed by atoms with van der Waals surface area (Å²) in [7, 11) is 0. The van der Waals surface area contributed by atoms with E-state index < -0.39 is 0 Å². The normalized spacial score (nSPS) is 17.7. The van der Waals surface area contributed by atoms with Gasteiger partial charge >= 0.3 is 0 Å². The van der Waals surface area contributed by atoms with Gasteiger partial charge in [0.2, 0.25) is 0 Å². The minimum Gasteiger partial charge on any atom is -0.507 e. The third-order valence-corrected chi connectivity index (χ3v) is 6.23. The predicted octanol–water partition coefficient (Wildman–Crippen LogP) is 6.26. The summed E-state index contributed by atoms with van der Waals surface area (Å²) in [6.45, 7) is 0. The van der Waals surface area contributed by atoms with Gasteiger partial charge in [-0.25, -0.2) is 0 Å². The first-order valence-corrected chi connectivity index (χ1v) is 9.59. The Morgan fingerprint density at radius 2 is 1.13 bits per heavy atom. The van der Waals surface area contributed by atoms with Gasteiger partial charge in [0.25, 0.3) is 0 Å². The molecule has 0 atom stereocenters. The minimum absolute atomic E-state index is 0.0665. The first kappa shape index (κ1) is 16.8. The third kappa shape index (κ3) is 3.29. The van der Waals surface area contributed by atoms with Gasteiger partial charge in [-0.1, -0.05) is 37.8 Å². The Morgan fingerprint density at radius 3 is 1.52 bits per heavy atom. The lowest BCUT2D eigenvalue weighted by molar-refractivity contribution is 0.438. The molecule has 0 saturated heterocycles. The fourth-order valence-corrected chi connectivity index (χ4v) is 4.44. The second kappa shape index (κ2) is 6.86. The first-order valence-electron chi connectivity index (χ1n) is 8.01. The van der Waals surface area contributed by atoms with Crippen molar-refractivity contribution < 1.29 is 10.2 Å². The van der Waals surface area contributed by atoms with E-state index in [4.69, 9.17) is 0 Å². The Balaban J connectivity index is 2.16. The molecule has 0 aromatic heterocycles. The molecule has 2 aromatic carbocycles. The van der Waals surface area contributed by atoms with Gasteiger partial charge in [0.1, 0.15) is 11.5 Å². The van der Waals surface area contributed by atoms with Crippen LogP contribution in [0.1, 0.15) is 49.7 Å². The van der Waals surface area contributed by atoms with Crippen LogP contribution in [0.4, 0.5) is 0 Å². The first-order chi connectivity index (χ1) is 11.0. The molecule has 3 rings (SSSR count). The highest BCUT2D eigenvalue weighted by Gasteiger charge is 2.35. The standard InChI is InChI=1S/C19H20Br2O2/c20-15-11-13(5-7-17(15)22)19(9-3-1-2-4-10-19)14-6-8-18(23)16(21)12-14/h5-8,11-12,22-23H,1-4,9-10H2. The van der Waals surface area contributed by atoms with Gasteiger partial charge in [-0.05, 0) is 80.1 Å². The second-order valence-electron chi connectivity index (χ2n) is 6.33. The van der Waals surface area contributed by atoms with Crippen molar-refractivity contribution in [2.45, 2.75) is 43.9 Å². The fourth-order valence-electron chi connectivity index (χ4n) is 3.69. The summed E-state index contributed by atoms with van der Waals surface area (Å²) in [6, 6.07) is 11.7. The number of rotatable bonds is 2. The zero-order valence-electron chi connectivity index (χ0n) is 12.9. The SMILES string of the molecule is Oc1ccc(C2(c3ccc(O)c(Br)c3)CCCCCC2)cc1Br. The topological polar surface area (TPSA) is 40.5 Å². The summed E-state index contributed by atoms with van der Waals surface area (Å²) in [5, 5.41) is 19.7. The lowest BCUT2D eigenvalue weighted by Crippen LogP contribution is -2.27. The van der Waals surface area contributed by atoms with Gasteiger partial charge in [0.05, 0.1) is 8.95 Å². The largest absolute Gasteiger partial charge is 0.507 e. The number of benzene rings is 2. The van der Waals surface area contributed by atoms with Crippen LogP contribution in [0, 0.1) is 0 Å². The predicted molar refractivity (Wildman–Crippen MR) is 100 cm³/mol. The molecule has 0 bridgehead atoms. The Morgan fingerprint density at radius 1 is 0.696 bits per heavy atom. The maximum absolute atomic E-state index is 9.85. The summed E-state index contributed by atoms with van der Waals surface area (Å²) >= 11 is 6.91. The van der Waals surface area contributed by atoms with E-state index in [0.29, 0.717) is 0 Å². The van der Waals surface area contributed by atoms with E-state index in [1.54, 1.807) is 12.1 Å². The van der Waals surface area contributed by atoms with Crippen LogP contribution < -0.4 is 0 Å². The average molecular weight is 440 g/mol. The van der Waals surface area contributed by atoms with E-state index in [1.165, 1.54) is 36.8 Å². The Labute approximate surface area is 153 Å². The van der Waals surface area contributed by atoms with Crippen molar-refractivity contribution in [3.63, 3.8) is 0 Å². The summed E-state index contributed by atoms with van der Waals surface area (Å²) in [5.41, 5.74) is 2.38. The average Bonchev–Trinajstić information content (AvgIpc) is 2.79. The van der Waals surface area contributed by atoms with Crippen LogP contribution in [0.15, 0.2) is 45.3 Å². The molecular formula is C19H20Br2O2. The molecule has 0 unspecified atom stereocenters. The fraction of sp³-hybridized carbons (Fsp3) is 0.368. The van der Waals surface area contributed by atoms with Crippen molar-refractivity contribution in [3.05, 3.63) is 56.5 Å². The van der Waals surface area contributed by atoms with E-state index in [1.807, 2.05) is 24.3 Å². The quantitative estimate of drug-likeness (QED) is 0.541. The number of halogens is 2. The van der Waals surface area contributed by atoms with E-state index in [9.17, 15) is 10.2 Å². The van der Waals surface area contributed by atoms with Gasteiger partial charge in [0.15, 0.2) is 0 Å². The molecule has 0 aliphatic heterocycles. The van der Waals surface area contributed by atoms with Crippen LogP contribution in [-0.2, 0) is 5.41 Å². The van der Waals surface area contributed by atoms with Crippen LogP contribution in [-0.4, -0.2) is 10.2 Å². The lowest BCUT2D eigenvalue weighted by Gasteiger charge is -2.35. The Kier molecular flexibility index (Phi) is 5.02. The molecule has 4 heteroatoms. The molecule has 0 spiro atoms. The van der Waals surface area contributed by atoms with Crippen LogP contribution in [0.25, 0.3) is 0 Å².